The third-order valence-electron chi connectivity index (χ3n) is 7.13. The van der Waals surface area contributed by atoms with Gasteiger partial charge in [-0.2, -0.15) is 5.10 Å². The molecule has 0 saturated carbocycles. The second-order valence-corrected chi connectivity index (χ2v) is 11.7. The fraction of sp³-hybridized carbons (Fsp3) is 0.467. The molecule has 1 N–H and O–H groups in total. The van der Waals surface area contributed by atoms with Crippen molar-refractivity contribution in [3.63, 3.8) is 0 Å². The number of hydrogen-bond donors (Lipinski definition) is 1. The molecule has 8 nitrogen and oxygen atoms in total. The average Bonchev–Trinajstić information content (AvgIpc) is 3.49. The van der Waals surface area contributed by atoms with Crippen molar-refractivity contribution in [2.75, 3.05) is 19.6 Å². The third-order valence-corrected chi connectivity index (χ3v) is 7.13. The van der Waals surface area contributed by atoms with E-state index in [-0.39, 0.29) is 36.8 Å². The van der Waals surface area contributed by atoms with Gasteiger partial charge in [0.1, 0.15) is 23.6 Å². The van der Waals surface area contributed by atoms with Crippen LogP contribution in [0.15, 0.2) is 42.5 Å². The van der Waals surface area contributed by atoms with Crippen molar-refractivity contribution in [2.24, 2.45) is 11.3 Å². The molecule has 0 aliphatic carbocycles. The maximum absolute atomic E-state index is 14.9. The molecule has 1 saturated heterocycles. The second kappa shape index (κ2) is 12.6. The minimum Gasteiger partial charge on any atom is -0.453 e. The Bertz CT molecular complexity index is 1440. The van der Waals surface area contributed by atoms with Gasteiger partial charge in [-0.15, -0.1) is 0 Å². The van der Waals surface area contributed by atoms with Crippen LogP contribution in [0, 0.1) is 28.8 Å². The minimum absolute atomic E-state index is 0.0120. The van der Waals surface area contributed by atoms with Crippen molar-refractivity contribution >= 4 is 11.9 Å². The average molecular weight is 590 g/mol. The normalized spacial score (nSPS) is 18.5. The number of rotatable bonds is 9. The molecule has 4 atom stereocenters. The summed E-state index contributed by atoms with van der Waals surface area (Å²) < 4.78 is 64.6. The standard InChI is InChI=1S/C30H35F4N5O3/c1-17(42-18(2)40)29(41)38(16-20-13-35-14-25(20)34)26(30(3,4)5)28-36-27(23-12-22(32)9-10-24(23)33)37-39(28)15-19-7-6-8-21(31)11-19/h6-12,17,20,25-26,35H,13-16H2,1-5H3. The van der Waals surface area contributed by atoms with Crippen LogP contribution in [0.5, 0.6) is 0 Å². The van der Waals surface area contributed by atoms with E-state index in [1.165, 1.54) is 41.6 Å². The SMILES string of the molecule is CC(=O)OC(C)C(=O)N(CC1CNCC1F)C(c1nc(-c2cc(F)ccc2F)nn1Cc1cccc(F)c1)C(C)(C)C. The first-order valence-electron chi connectivity index (χ1n) is 13.7. The number of carbonyl (C=O) groups is 2. The van der Waals surface area contributed by atoms with Crippen molar-refractivity contribution in [1.29, 1.82) is 0 Å². The zero-order valence-corrected chi connectivity index (χ0v) is 24.2. The molecule has 1 fully saturated rings. The number of aromatic nitrogens is 3. The molecular weight excluding hydrogens is 554 g/mol. The summed E-state index contributed by atoms with van der Waals surface area (Å²) in [5, 5.41) is 7.48. The number of halogens is 4. The summed E-state index contributed by atoms with van der Waals surface area (Å²) in [5.74, 6) is -3.69. The summed E-state index contributed by atoms with van der Waals surface area (Å²) in [5.41, 5.74) is -0.458. The first-order chi connectivity index (χ1) is 19.7. The van der Waals surface area contributed by atoms with Gasteiger partial charge in [-0.25, -0.2) is 27.2 Å². The van der Waals surface area contributed by atoms with Crippen LogP contribution in [0.2, 0.25) is 0 Å². The Balaban J connectivity index is 1.90. The zero-order chi connectivity index (χ0) is 30.8. The molecule has 4 unspecified atom stereocenters. The number of carbonyl (C=O) groups excluding carboxylic acids is 2. The van der Waals surface area contributed by atoms with Gasteiger partial charge in [-0.3, -0.25) is 9.59 Å². The summed E-state index contributed by atoms with van der Waals surface area (Å²) >= 11 is 0. The fourth-order valence-corrected chi connectivity index (χ4v) is 5.25. The lowest BCUT2D eigenvalue weighted by molar-refractivity contribution is -0.160. The monoisotopic (exact) mass is 589 g/mol. The van der Waals surface area contributed by atoms with Gasteiger partial charge in [-0.1, -0.05) is 32.9 Å². The van der Waals surface area contributed by atoms with Crippen LogP contribution in [0.25, 0.3) is 11.4 Å². The van der Waals surface area contributed by atoms with Gasteiger partial charge in [0.05, 0.1) is 18.2 Å². The zero-order valence-electron chi connectivity index (χ0n) is 24.2. The van der Waals surface area contributed by atoms with Crippen LogP contribution in [0.4, 0.5) is 17.6 Å². The number of ether oxygens (including phenoxy) is 1. The Morgan fingerprint density at radius 3 is 2.45 bits per heavy atom. The topological polar surface area (TPSA) is 89.3 Å². The number of nitrogens with one attached hydrogen (secondary N) is 1. The number of esters is 1. The molecule has 1 amide bonds. The van der Waals surface area contributed by atoms with Crippen LogP contribution >= 0.6 is 0 Å². The van der Waals surface area contributed by atoms with E-state index in [1.807, 2.05) is 20.8 Å². The van der Waals surface area contributed by atoms with E-state index >= 15 is 0 Å². The molecule has 12 heteroatoms. The maximum Gasteiger partial charge on any atom is 0.303 e. The lowest BCUT2D eigenvalue weighted by Gasteiger charge is -2.41. The van der Waals surface area contributed by atoms with Crippen molar-refractivity contribution in [3.8, 4) is 11.4 Å². The second-order valence-electron chi connectivity index (χ2n) is 11.7. The van der Waals surface area contributed by atoms with Gasteiger partial charge in [0.25, 0.3) is 5.91 Å². The molecule has 1 aliphatic heterocycles. The Kier molecular flexibility index (Phi) is 9.34. The first kappa shape index (κ1) is 31.1. The maximum atomic E-state index is 14.9. The van der Waals surface area contributed by atoms with Crippen molar-refractivity contribution in [1.82, 2.24) is 25.0 Å². The molecule has 2 heterocycles. The summed E-state index contributed by atoms with van der Waals surface area (Å²) in [6.45, 7) is 8.54. The van der Waals surface area contributed by atoms with E-state index in [4.69, 9.17) is 4.74 Å². The number of hydrogen-bond acceptors (Lipinski definition) is 6. The summed E-state index contributed by atoms with van der Waals surface area (Å²) in [6.07, 6.45) is -2.42. The van der Waals surface area contributed by atoms with E-state index in [0.717, 1.165) is 18.2 Å². The van der Waals surface area contributed by atoms with Crippen LogP contribution in [-0.4, -0.2) is 63.5 Å². The number of nitrogens with zero attached hydrogens (tertiary/aromatic N) is 4. The Morgan fingerprint density at radius 2 is 1.83 bits per heavy atom. The number of amides is 1. The molecule has 0 radical (unpaired) electrons. The molecule has 3 aromatic rings. The van der Waals surface area contributed by atoms with Crippen LogP contribution in [0.3, 0.4) is 0 Å². The largest absolute Gasteiger partial charge is 0.453 e. The number of alkyl halides is 1. The Labute approximate surface area is 242 Å². The van der Waals surface area contributed by atoms with Crippen molar-refractivity contribution in [2.45, 2.75) is 59.5 Å². The Morgan fingerprint density at radius 1 is 1.12 bits per heavy atom. The van der Waals surface area contributed by atoms with Gasteiger partial charge in [0, 0.05) is 32.5 Å². The molecule has 1 aliphatic rings. The van der Waals surface area contributed by atoms with E-state index < -0.39 is 59.0 Å². The van der Waals surface area contributed by atoms with Crippen LogP contribution in [-0.2, 0) is 20.9 Å². The lowest BCUT2D eigenvalue weighted by Crippen LogP contribution is -2.49. The molecule has 1 aromatic heterocycles. The van der Waals surface area contributed by atoms with Gasteiger partial charge in [0.2, 0.25) is 0 Å². The summed E-state index contributed by atoms with van der Waals surface area (Å²) in [4.78, 5) is 31.7. The smallest absolute Gasteiger partial charge is 0.303 e. The Hall–Kier alpha value is -3.80. The van der Waals surface area contributed by atoms with E-state index in [9.17, 15) is 27.2 Å². The molecule has 0 bridgehead atoms. The fourth-order valence-electron chi connectivity index (χ4n) is 5.25. The molecule has 4 rings (SSSR count). The predicted octanol–water partition coefficient (Wildman–Crippen LogP) is 4.84. The van der Waals surface area contributed by atoms with Gasteiger partial charge in [0.15, 0.2) is 17.8 Å². The van der Waals surface area contributed by atoms with Gasteiger partial charge in [-0.05, 0) is 48.2 Å². The highest BCUT2D eigenvalue weighted by atomic mass is 19.1. The van der Waals surface area contributed by atoms with Crippen LogP contribution in [0.1, 0.15) is 52.0 Å². The highest BCUT2D eigenvalue weighted by Crippen LogP contribution is 2.40. The van der Waals surface area contributed by atoms with E-state index in [1.54, 1.807) is 6.07 Å². The van der Waals surface area contributed by atoms with Crippen LogP contribution < -0.4 is 5.32 Å². The lowest BCUT2D eigenvalue weighted by atomic mass is 9.84. The highest BCUT2D eigenvalue weighted by Gasteiger charge is 2.43. The molecule has 42 heavy (non-hydrogen) atoms. The summed E-state index contributed by atoms with van der Waals surface area (Å²) in [6, 6.07) is 7.80. The highest BCUT2D eigenvalue weighted by molar-refractivity contribution is 5.83. The predicted molar refractivity (Wildman–Crippen MR) is 147 cm³/mol. The van der Waals surface area contributed by atoms with E-state index in [2.05, 4.69) is 15.4 Å². The molecule has 226 valence electrons. The minimum atomic E-state index is -1.23. The summed E-state index contributed by atoms with van der Waals surface area (Å²) in [7, 11) is 0. The van der Waals surface area contributed by atoms with Crippen molar-refractivity contribution in [3.05, 3.63) is 71.3 Å². The molecule has 0 spiro atoms. The van der Waals surface area contributed by atoms with E-state index in [0.29, 0.717) is 12.1 Å². The quantitative estimate of drug-likeness (QED) is 0.284. The van der Waals surface area contributed by atoms with Crippen molar-refractivity contribution < 1.29 is 31.9 Å². The number of benzene rings is 2. The first-order valence-corrected chi connectivity index (χ1v) is 13.7. The van der Waals surface area contributed by atoms with Gasteiger partial charge >= 0.3 is 5.97 Å². The third kappa shape index (κ3) is 7.15. The molecular formula is C30H35F4N5O3. The molecule has 2 aromatic carbocycles. The van der Waals surface area contributed by atoms with Gasteiger partial charge < -0.3 is 15.0 Å².